The smallest absolute Gasteiger partial charge is 0.316 e. The summed E-state index contributed by atoms with van der Waals surface area (Å²) in [4.78, 5) is 12.6. The van der Waals surface area contributed by atoms with Gasteiger partial charge in [-0.05, 0) is 73.4 Å². The average Bonchev–Trinajstić information content (AvgIpc) is 2.80. The van der Waals surface area contributed by atoms with Crippen molar-refractivity contribution in [3.8, 4) is 5.75 Å². The lowest BCUT2D eigenvalue weighted by Crippen LogP contribution is -2.59. The molecule has 1 heterocycles. The Morgan fingerprint density at radius 3 is 2.87 bits per heavy atom. The van der Waals surface area contributed by atoms with Crippen LogP contribution in [-0.2, 0) is 21.4 Å². The van der Waals surface area contributed by atoms with Crippen molar-refractivity contribution in [1.82, 2.24) is 5.32 Å². The van der Waals surface area contributed by atoms with Gasteiger partial charge in [0.1, 0.15) is 5.75 Å². The van der Waals surface area contributed by atoms with E-state index in [4.69, 9.17) is 9.47 Å². The Morgan fingerprint density at radius 2 is 2.03 bits per heavy atom. The summed E-state index contributed by atoms with van der Waals surface area (Å²) in [5, 5.41) is 3.79. The lowest BCUT2D eigenvalue weighted by molar-refractivity contribution is -0.152. The number of hydrogen-bond acceptors (Lipinski definition) is 4. The molecule has 1 N–H and O–H groups in total. The number of piperidine rings is 1. The highest BCUT2D eigenvalue weighted by molar-refractivity contribution is 5.78. The van der Waals surface area contributed by atoms with Crippen molar-refractivity contribution in [3.05, 3.63) is 65.2 Å². The van der Waals surface area contributed by atoms with Crippen molar-refractivity contribution in [2.45, 2.75) is 69.2 Å². The molecule has 1 saturated heterocycles. The molecule has 0 spiro atoms. The molecule has 4 heteroatoms. The summed E-state index contributed by atoms with van der Waals surface area (Å²) in [6.45, 7) is 3.08. The molecule has 164 valence electrons. The van der Waals surface area contributed by atoms with Crippen LogP contribution in [-0.4, -0.2) is 25.3 Å². The summed E-state index contributed by atoms with van der Waals surface area (Å²) in [6.07, 6.45) is 8.34. The summed E-state index contributed by atoms with van der Waals surface area (Å²) in [6, 6.07) is 17.0. The number of esters is 1. The van der Waals surface area contributed by atoms with Gasteiger partial charge < -0.3 is 14.8 Å². The van der Waals surface area contributed by atoms with E-state index >= 15 is 0 Å². The Labute approximate surface area is 185 Å². The van der Waals surface area contributed by atoms with E-state index in [9.17, 15) is 4.79 Å². The molecule has 1 saturated carbocycles. The van der Waals surface area contributed by atoms with Gasteiger partial charge in [-0.3, -0.25) is 4.79 Å². The summed E-state index contributed by atoms with van der Waals surface area (Å²) < 4.78 is 11.4. The predicted octanol–water partition coefficient (Wildman–Crippen LogP) is 5.11. The number of benzene rings is 2. The fourth-order valence-corrected chi connectivity index (χ4v) is 6.47. The first-order valence-corrected chi connectivity index (χ1v) is 11.9. The first-order valence-electron chi connectivity index (χ1n) is 11.9. The van der Waals surface area contributed by atoms with Gasteiger partial charge in [0.25, 0.3) is 0 Å². The van der Waals surface area contributed by atoms with Crippen molar-refractivity contribution >= 4 is 5.97 Å². The minimum atomic E-state index is -0.248. The highest BCUT2D eigenvalue weighted by atomic mass is 16.7. The quantitative estimate of drug-likeness (QED) is 0.522. The van der Waals surface area contributed by atoms with Gasteiger partial charge in [0, 0.05) is 11.5 Å². The SMILES string of the molecule is CCC(C(=O)OCOc1ccc2c(c1)[C@@]13CCCC[C@@H]1[C@H](C2)NCC3)c1ccccc1. The molecule has 0 aromatic heterocycles. The van der Waals surface area contributed by atoms with Crippen LogP contribution in [0.15, 0.2) is 48.5 Å². The van der Waals surface area contributed by atoms with E-state index in [-0.39, 0.29) is 18.7 Å². The largest absolute Gasteiger partial charge is 0.457 e. The second kappa shape index (κ2) is 8.66. The monoisotopic (exact) mass is 419 g/mol. The van der Waals surface area contributed by atoms with E-state index in [0.29, 0.717) is 17.9 Å². The maximum atomic E-state index is 12.6. The molecular formula is C27H33NO3. The zero-order valence-corrected chi connectivity index (χ0v) is 18.4. The molecule has 2 fully saturated rings. The van der Waals surface area contributed by atoms with Crippen molar-refractivity contribution < 1.29 is 14.3 Å². The fourth-order valence-electron chi connectivity index (χ4n) is 6.47. The molecule has 2 aromatic carbocycles. The number of nitrogens with one attached hydrogen (secondary N) is 1. The standard InChI is InChI=1S/C27H33NO3/c1-2-22(19-8-4-3-5-9-19)26(29)31-18-30-21-12-11-20-16-25-23-10-6-7-13-27(23,14-15-28-25)24(20)17-21/h3-5,8-9,11-12,17,22-23,25,28H,2,6-7,10,13-16,18H2,1H3/t22?,23-,25+,27-/m1/s1. The van der Waals surface area contributed by atoms with E-state index in [0.717, 1.165) is 30.2 Å². The van der Waals surface area contributed by atoms with Crippen LogP contribution < -0.4 is 10.1 Å². The van der Waals surface area contributed by atoms with Crippen molar-refractivity contribution in [2.24, 2.45) is 5.92 Å². The maximum Gasteiger partial charge on any atom is 0.316 e. The van der Waals surface area contributed by atoms with Crippen LogP contribution in [0, 0.1) is 5.92 Å². The van der Waals surface area contributed by atoms with Crippen molar-refractivity contribution in [1.29, 1.82) is 0 Å². The lowest BCUT2D eigenvalue weighted by atomic mass is 9.53. The van der Waals surface area contributed by atoms with Gasteiger partial charge in [0.05, 0.1) is 5.92 Å². The third-order valence-corrected chi connectivity index (χ3v) is 7.94. The van der Waals surface area contributed by atoms with Crippen LogP contribution in [0.3, 0.4) is 0 Å². The molecule has 2 aromatic rings. The Morgan fingerprint density at radius 1 is 1.16 bits per heavy atom. The summed E-state index contributed by atoms with van der Waals surface area (Å²) >= 11 is 0. The Bertz CT molecular complexity index is 923. The highest BCUT2D eigenvalue weighted by Crippen LogP contribution is 2.54. The van der Waals surface area contributed by atoms with Gasteiger partial charge in [0.15, 0.2) is 0 Å². The molecule has 1 aliphatic heterocycles. The van der Waals surface area contributed by atoms with E-state index in [1.54, 1.807) is 0 Å². The van der Waals surface area contributed by atoms with Gasteiger partial charge in [0.2, 0.25) is 6.79 Å². The van der Waals surface area contributed by atoms with Crippen molar-refractivity contribution in [3.63, 3.8) is 0 Å². The molecule has 2 bridgehead atoms. The molecule has 0 radical (unpaired) electrons. The average molecular weight is 420 g/mol. The lowest BCUT2D eigenvalue weighted by Gasteiger charge is -2.56. The minimum Gasteiger partial charge on any atom is -0.457 e. The molecular weight excluding hydrogens is 386 g/mol. The van der Waals surface area contributed by atoms with Gasteiger partial charge in [-0.15, -0.1) is 0 Å². The molecule has 2 aliphatic carbocycles. The zero-order chi connectivity index (χ0) is 21.3. The first kappa shape index (κ1) is 20.6. The maximum absolute atomic E-state index is 12.6. The minimum absolute atomic E-state index is 0.0401. The van der Waals surface area contributed by atoms with Gasteiger partial charge in [-0.1, -0.05) is 56.2 Å². The van der Waals surface area contributed by atoms with Crippen LogP contribution in [0.25, 0.3) is 0 Å². The number of ether oxygens (including phenoxy) is 2. The van der Waals surface area contributed by atoms with E-state index in [1.807, 2.05) is 43.3 Å². The van der Waals surface area contributed by atoms with Gasteiger partial charge in [-0.2, -0.15) is 0 Å². The van der Waals surface area contributed by atoms with E-state index in [2.05, 4.69) is 17.4 Å². The molecule has 31 heavy (non-hydrogen) atoms. The fraction of sp³-hybridized carbons (Fsp3) is 0.519. The highest BCUT2D eigenvalue weighted by Gasteiger charge is 2.51. The second-order valence-electron chi connectivity index (χ2n) is 9.44. The number of fused-ring (bicyclic) bond motifs is 1. The Kier molecular flexibility index (Phi) is 5.75. The molecule has 3 aliphatic rings. The number of carbonyl (C=O) groups is 1. The van der Waals surface area contributed by atoms with Crippen LogP contribution in [0.5, 0.6) is 5.75 Å². The Hall–Kier alpha value is -2.33. The molecule has 1 unspecified atom stereocenters. The van der Waals surface area contributed by atoms with E-state index in [1.165, 1.54) is 43.2 Å². The number of hydrogen-bond donors (Lipinski definition) is 1. The number of carbonyl (C=O) groups excluding carboxylic acids is 1. The van der Waals surface area contributed by atoms with Crippen LogP contribution in [0.4, 0.5) is 0 Å². The van der Waals surface area contributed by atoms with Crippen LogP contribution in [0.1, 0.15) is 68.1 Å². The normalized spacial score (nSPS) is 27.5. The summed E-state index contributed by atoms with van der Waals surface area (Å²) in [7, 11) is 0. The zero-order valence-electron chi connectivity index (χ0n) is 18.4. The third kappa shape index (κ3) is 3.76. The van der Waals surface area contributed by atoms with Gasteiger partial charge in [-0.25, -0.2) is 0 Å². The molecule has 0 amide bonds. The second-order valence-corrected chi connectivity index (χ2v) is 9.44. The molecule has 5 rings (SSSR count). The number of rotatable bonds is 6. The molecule has 4 nitrogen and oxygen atoms in total. The van der Waals surface area contributed by atoms with Crippen LogP contribution in [0.2, 0.25) is 0 Å². The van der Waals surface area contributed by atoms with Crippen molar-refractivity contribution in [2.75, 3.05) is 13.3 Å². The topological polar surface area (TPSA) is 47.6 Å². The van der Waals surface area contributed by atoms with Gasteiger partial charge >= 0.3 is 5.97 Å². The Balaban J connectivity index is 1.28. The third-order valence-electron chi connectivity index (χ3n) is 7.94. The molecule has 4 atom stereocenters. The first-order chi connectivity index (χ1) is 15.2. The summed E-state index contributed by atoms with van der Waals surface area (Å²) in [5.74, 6) is 1.09. The van der Waals surface area contributed by atoms with Crippen LogP contribution >= 0.6 is 0 Å². The predicted molar refractivity (Wildman–Crippen MR) is 121 cm³/mol. The summed E-state index contributed by atoms with van der Waals surface area (Å²) in [5.41, 5.74) is 4.26. The van der Waals surface area contributed by atoms with E-state index < -0.39 is 0 Å².